The maximum atomic E-state index is 13.6. The van der Waals surface area contributed by atoms with Crippen LogP contribution in [0.1, 0.15) is 23.1 Å². The zero-order valence-corrected chi connectivity index (χ0v) is 10.4. The number of aryl methyl sites for hydroxylation is 1. The second kappa shape index (κ2) is 4.48. The number of aromatic nitrogens is 1. The summed E-state index contributed by atoms with van der Waals surface area (Å²) in [5, 5.41) is 0.707. The van der Waals surface area contributed by atoms with Crippen LogP contribution in [0.5, 0.6) is 0 Å². The van der Waals surface area contributed by atoms with Gasteiger partial charge in [0, 0.05) is 11.6 Å². The van der Waals surface area contributed by atoms with Gasteiger partial charge in [0.1, 0.15) is 11.8 Å². The molecule has 3 rings (SSSR count). The minimum Gasteiger partial charge on any atom is -0.456 e. The second-order valence-electron chi connectivity index (χ2n) is 4.54. The van der Waals surface area contributed by atoms with Gasteiger partial charge in [-0.05, 0) is 36.8 Å². The van der Waals surface area contributed by atoms with Crippen LogP contribution in [-0.4, -0.2) is 4.98 Å². The van der Waals surface area contributed by atoms with Gasteiger partial charge in [0.25, 0.3) is 0 Å². The number of nitrogens with two attached hydrogens (primary N) is 1. The van der Waals surface area contributed by atoms with Gasteiger partial charge in [-0.3, -0.25) is 4.98 Å². The molecule has 0 aliphatic heterocycles. The highest BCUT2D eigenvalue weighted by Crippen LogP contribution is 2.27. The van der Waals surface area contributed by atoms with E-state index in [1.807, 2.05) is 19.1 Å². The summed E-state index contributed by atoms with van der Waals surface area (Å²) in [5.74, 6) is 0.131. The molecular weight excluding hydrogens is 243 g/mol. The zero-order chi connectivity index (χ0) is 13.4. The van der Waals surface area contributed by atoms with E-state index in [1.165, 1.54) is 6.07 Å². The average molecular weight is 256 g/mol. The van der Waals surface area contributed by atoms with Crippen molar-refractivity contribution in [3.63, 3.8) is 0 Å². The van der Waals surface area contributed by atoms with Gasteiger partial charge in [-0.15, -0.1) is 0 Å². The smallest absolute Gasteiger partial charge is 0.169 e. The number of rotatable bonds is 2. The number of hydrogen-bond donors (Lipinski definition) is 1. The highest BCUT2D eigenvalue weighted by Gasteiger charge is 2.16. The number of pyridine rings is 1. The third-order valence-electron chi connectivity index (χ3n) is 3.08. The third kappa shape index (κ3) is 2.11. The molecule has 1 unspecified atom stereocenters. The molecule has 2 N–H and O–H groups in total. The fourth-order valence-electron chi connectivity index (χ4n) is 2.08. The number of nitrogens with zero attached hydrogens (tertiary/aromatic N) is 1. The Hall–Kier alpha value is -2.20. The van der Waals surface area contributed by atoms with Crippen LogP contribution in [0.4, 0.5) is 4.39 Å². The van der Waals surface area contributed by atoms with Gasteiger partial charge in [0.05, 0.1) is 5.69 Å². The molecule has 2 aromatic heterocycles. The van der Waals surface area contributed by atoms with Crippen LogP contribution in [0.15, 0.2) is 47.0 Å². The minimum absolute atomic E-state index is 0.237. The van der Waals surface area contributed by atoms with E-state index in [2.05, 4.69) is 4.98 Å². The molecule has 0 spiro atoms. The Balaban J connectivity index is 2.06. The van der Waals surface area contributed by atoms with Crippen molar-refractivity contribution in [3.05, 3.63) is 65.4 Å². The number of fused-ring (bicyclic) bond motifs is 1. The average Bonchev–Trinajstić information content (AvgIpc) is 2.83. The van der Waals surface area contributed by atoms with E-state index >= 15 is 0 Å². The molecule has 0 aliphatic carbocycles. The molecule has 3 nitrogen and oxygen atoms in total. The molecule has 4 heteroatoms. The van der Waals surface area contributed by atoms with E-state index in [9.17, 15) is 4.39 Å². The molecule has 0 bridgehead atoms. The summed E-state index contributed by atoms with van der Waals surface area (Å²) in [5.41, 5.74) is 8.14. The normalized spacial score (nSPS) is 12.8. The molecule has 1 aromatic carbocycles. The van der Waals surface area contributed by atoms with E-state index in [0.717, 1.165) is 5.56 Å². The van der Waals surface area contributed by atoms with Gasteiger partial charge in [-0.2, -0.15) is 0 Å². The molecule has 3 aromatic rings. The van der Waals surface area contributed by atoms with Crippen molar-refractivity contribution < 1.29 is 8.81 Å². The lowest BCUT2D eigenvalue weighted by Crippen LogP contribution is -2.12. The topological polar surface area (TPSA) is 52.0 Å². The van der Waals surface area contributed by atoms with Crippen molar-refractivity contribution in [3.8, 4) is 0 Å². The van der Waals surface area contributed by atoms with Crippen molar-refractivity contribution in [2.75, 3.05) is 0 Å². The van der Waals surface area contributed by atoms with Crippen molar-refractivity contribution in [1.82, 2.24) is 4.98 Å². The second-order valence-corrected chi connectivity index (χ2v) is 4.54. The minimum atomic E-state index is -0.494. The van der Waals surface area contributed by atoms with Crippen LogP contribution in [0.25, 0.3) is 11.0 Å². The Labute approximate surface area is 109 Å². The number of halogens is 1. The Bertz CT molecular complexity index is 736. The SMILES string of the molecule is Cc1ccnc(C(N)c2cc3cccc(F)c3o2)c1. The molecule has 96 valence electrons. The lowest BCUT2D eigenvalue weighted by molar-refractivity contribution is 0.499. The Morgan fingerprint density at radius 3 is 2.84 bits per heavy atom. The Morgan fingerprint density at radius 1 is 1.26 bits per heavy atom. The number of hydrogen-bond acceptors (Lipinski definition) is 3. The van der Waals surface area contributed by atoms with Crippen molar-refractivity contribution in [2.45, 2.75) is 13.0 Å². The summed E-state index contributed by atoms with van der Waals surface area (Å²) in [6.07, 6.45) is 1.70. The summed E-state index contributed by atoms with van der Waals surface area (Å²) < 4.78 is 19.1. The largest absolute Gasteiger partial charge is 0.456 e. The number of benzene rings is 1. The quantitative estimate of drug-likeness (QED) is 0.765. The third-order valence-corrected chi connectivity index (χ3v) is 3.08. The maximum absolute atomic E-state index is 13.6. The lowest BCUT2D eigenvalue weighted by Gasteiger charge is -2.08. The summed E-state index contributed by atoms with van der Waals surface area (Å²) in [6, 6.07) is 9.86. The first-order valence-electron chi connectivity index (χ1n) is 6.01. The van der Waals surface area contributed by atoms with Crippen molar-refractivity contribution in [2.24, 2.45) is 5.73 Å². The Morgan fingerprint density at radius 2 is 2.11 bits per heavy atom. The summed E-state index contributed by atoms with van der Waals surface area (Å²) in [7, 11) is 0. The molecule has 0 aliphatic rings. The number of para-hydroxylation sites is 1. The molecule has 0 radical (unpaired) electrons. The first kappa shape index (κ1) is 11.9. The van der Waals surface area contributed by atoms with E-state index < -0.39 is 6.04 Å². The van der Waals surface area contributed by atoms with Gasteiger partial charge in [0.15, 0.2) is 11.4 Å². The van der Waals surface area contributed by atoms with E-state index in [1.54, 1.807) is 24.4 Å². The highest BCUT2D eigenvalue weighted by atomic mass is 19.1. The fraction of sp³-hybridized carbons (Fsp3) is 0.133. The van der Waals surface area contributed by atoms with Gasteiger partial charge in [0.2, 0.25) is 0 Å². The zero-order valence-electron chi connectivity index (χ0n) is 10.4. The molecule has 0 fully saturated rings. The molecule has 0 saturated carbocycles. The predicted octanol–water partition coefficient (Wildman–Crippen LogP) is 3.32. The summed E-state index contributed by atoms with van der Waals surface area (Å²) >= 11 is 0. The standard InChI is InChI=1S/C15H13FN2O/c1-9-5-6-18-12(7-9)14(17)13-8-10-3-2-4-11(16)15(10)19-13/h2-8,14H,17H2,1H3. The first-order chi connectivity index (χ1) is 9.15. The van der Waals surface area contributed by atoms with Gasteiger partial charge < -0.3 is 10.2 Å². The fourth-order valence-corrected chi connectivity index (χ4v) is 2.08. The molecule has 19 heavy (non-hydrogen) atoms. The van der Waals surface area contributed by atoms with Crippen LogP contribution < -0.4 is 5.73 Å². The summed E-state index contributed by atoms with van der Waals surface area (Å²) in [4.78, 5) is 4.23. The molecule has 0 saturated heterocycles. The molecular formula is C15H13FN2O. The van der Waals surface area contributed by atoms with Crippen molar-refractivity contribution in [1.29, 1.82) is 0 Å². The number of furan rings is 1. The van der Waals surface area contributed by atoms with Crippen LogP contribution >= 0.6 is 0 Å². The lowest BCUT2D eigenvalue weighted by atomic mass is 10.1. The van der Waals surface area contributed by atoms with E-state index in [-0.39, 0.29) is 11.4 Å². The highest BCUT2D eigenvalue weighted by molar-refractivity contribution is 5.78. The molecule has 0 amide bonds. The van der Waals surface area contributed by atoms with Gasteiger partial charge >= 0.3 is 0 Å². The van der Waals surface area contributed by atoms with Gasteiger partial charge in [-0.1, -0.05) is 12.1 Å². The summed E-state index contributed by atoms with van der Waals surface area (Å²) in [6.45, 7) is 1.97. The Kier molecular flexibility index (Phi) is 2.80. The van der Waals surface area contributed by atoms with E-state index in [4.69, 9.17) is 10.2 Å². The van der Waals surface area contributed by atoms with Crippen LogP contribution in [0.3, 0.4) is 0 Å². The van der Waals surface area contributed by atoms with E-state index in [0.29, 0.717) is 16.8 Å². The molecule has 1 atom stereocenters. The molecule has 2 heterocycles. The van der Waals surface area contributed by atoms with Crippen LogP contribution in [-0.2, 0) is 0 Å². The monoisotopic (exact) mass is 256 g/mol. The van der Waals surface area contributed by atoms with Gasteiger partial charge in [-0.25, -0.2) is 4.39 Å². The van der Waals surface area contributed by atoms with Crippen LogP contribution in [0, 0.1) is 12.7 Å². The van der Waals surface area contributed by atoms with Crippen LogP contribution in [0.2, 0.25) is 0 Å². The maximum Gasteiger partial charge on any atom is 0.169 e. The predicted molar refractivity (Wildman–Crippen MR) is 71.2 cm³/mol. The first-order valence-corrected chi connectivity index (χ1v) is 6.01. The van der Waals surface area contributed by atoms with Crippen molar-refractivity contribution >= 4 is 11.0 Å².